The van der Waals surface area contributed by atoms with Gasteiger partial charge in [-0.05, 0) is 37.0 Å². The van der Waals surface area contributed by atoms with E-state index < -0.39 is 6.08 Å². The molecule has 4 rings (SSSR count). The van der Waals surface area contributed by atoms with Gasteiger partial charge in [0.25, 0.3) is 0 Å². The van der Waals surface area contributed by atoms with E-state index in [1.807, 2.05) is 0 Å². The molecule has 0 bridgehead atoms. The molecule has 142 valence electrons. The molecular formula is C18H19ClFN5O2. The van der Waals surface area contributed by atoms with E-state index in [0.717, 1.165) is 31.2 Å². The van der Waals surface area contributed by atoms with Crippen molar-refractivity contribution in [3.05, 3.63) is 41.2 Å². The summed E-state index contributed by atoms with van der Waals surface area (Å²) in [5.74, 6) is 0.282. The van der Waals surface area contributed by atoms with Gasteiger partial charge in [-0.1, -0.05) is 24.1 Å². The summed E-state index contributed by atoms with van der Waals surface area (Å²) in [5, 5.41) is 13.0. The number of halogens is 2. The second-order valence-electron chi connectivity index (χ2n) is 6.48. The van der Waals surface area contributed by atoms with Crippen molar-refractivity contribution in [2.24, 2.45) is 0 Å². The number of nitrogens with one attached hydrogen (secondary N) is 1. The van der Waals surface area contributed by atoms with Crippen LogP contribution in [-0.4, -0.2) is 31.2 Å². The number of anilines is 1. The van der Waals surface area contributed by atoms with Gasteiger partial charge in [-0.2, -0.15) is 14.4 Å². The fraction of sp³-hybridized carbons (Fsp3) is 0.389. The maximum absolute atomic E-state index is 14.0. The summed E-state index contributed by atoms with van der Waals surface area (Å²) < 4.78 is 21.7. The normalized spacial score (nSPS) is 17.8. The number of ether oxygens (including phenoxy) is 1. The summed E-state index contributed by atoms with van der Waals surface area (Å²) in [5.41, 5.74) is 1.65. The molecule has 0 amide bonds. The fourth-order valence-electron chi connectivity index (χ4n) is 3.20. The van der Waals surface area contributed by atoms with Crippen molar-refractivity contribution in [2.45, 2.75) is 38.5 Å². The third-order valence-corrected chi connectivity index (χ3v) is 4.90. The molecule has 1 aromatic carbocycles. The van der Waals surface area contributed by atoms with Gasteiger partial charge >= 0.3 is 6.08 Å². The second-order valence-corrected chi connectivity index (χ2v) is 6.89. The van der Waals surface area contributed by atoms with Crippen molar-refractivity contribution in [2.75, 3.05) is 11.9 Å². The van der Waals surface area contributed by atoms with Gasteiger partial charge in [0.15, 0.2) is 17.0 Å². The van der Waals surface area contributed by atoms with E-state index in [1.165, 1.54) is 0 Å². The summed E-state index contributed by atoms with van der Waals surface area (Å²) >= 11 is 5.82. The van der Waals surface area contributed by atoms with E-state index in [-0.39, 0.29) is 17.0 Å². The van der Waals surface area contributed by atoms with Gasteiger partial charge in [0, 0.05) is 13.2 Å². The van der Waals surface area contributed by atoms with Crippen LogP contribution in [0.15, 0.2) is 24.5 Å². The third kappa shape index (κ3) is 3.81. The maximum atomic E-state index is 14.0. The van der Waals surface area contributed by atoms with Crippen LogP contribution in [0, 0.1) is 6.08 Å². The van der Waals surface area contributed by atoms with Crippen molar-refractivity contribution in [3.8, 4) is 5.75 Å². The number of imidazole rings is 1. The Labute approximate surface area is 160 Å². The van der Waals surface area contributed by atoms with Gasteiger partial charge in [0.2, 0.25) is 0 Å². The monoisotopic (exact) mass is 391 g/mol. The van der Waals surface area contributed by atoms with Crippen LogP contribution < -0.4 is 5.32 Å². The van der Waals surface area contributed by atoms with Gasteiger partial charge in [-0.3, -0.25) is 4.57 Å². The molecule has 0 aliphatic carbocycles. The van der Waals surface area contributed by atoms with E-state index in [0.29, 0.717) is 30.1 Å². The van der Waals surface area contributed by atoms with Crippen molar-refractivity contribution < 1.29 is 14.2 Å². The number of hydrogen-bond donors (Lipinski definition) is 2. The Bertz CT molecular complexity index is 956. The van der Waals surface area contributed by atoms with Gasteiger partial charge in [-0.15, -0.1) is 0 Å². The van der Waals surface area contributed by atoms with Crippen LogP contribution in [0.1, 0.15) is 37.5 Å². The van der Waals surface area contributed by atoms with Gasteiger partial charge in [0.05, 0.1) is 11.3 Å². The van der Waals surface area contributed by atoms with Gasteiger partial charge < -0.3 is 15.2 Å². The molecule has 0 radical (unpaired) electrons. The number of phenols is 1. The molecule has 3 aromatic rings. The standard InChI is InChI=1S/C18H19ClFN5O2/c19-12-6-5-11(8-13(12)26)9-21-16-15-17(24-18(20)23-16)25(10-22-15)14-4-2-1-3-7-27-14/h5-6,8,10,14,26H,1-4,7,9H2,(H,21,23,24). The smallest absolute Gasteiger partial charge is 0.312 e. The van der Waals surface area contributed by atoms with Crippen LogP contribution in [0.5, 0.6) is 5.75 Å². The molecule has 1 aliphatic heterocycles. The highest BCUT2D eigenvalue weighted by atomic mass is 35.5. The minimum absolute atomic E-state index is 0.00947. The zero-order chi connectivity index (χ0) is 18.8. The molecule has 1 aliphatic rings. The van der Waals surface area contributed by atoms with Crippen LogP contribution in [0.25, 0.3) is 11.2 Å². The summed E-state index contributed by atoms with van der Waals surface area (Å²) in [6.45, 7) is 0.992. The summed E-state index contributed by atoms with van der Waals surface area (Å²) in [7, 11) is 0. The average Bonchev–Trinajstić information content (AvgIpc) is 2.88. The van der Waals surface area contributed by atoms with Gasteiger partial charge in [0.1, 0.15) is 12.0 Å². The summed E-state index contributed by atoms with van der Waals surface area (Å²) in [4.78, 5) is 12.1. The van der Waals surface area contributed by atoms with E-state index in [1.54, 1.807) is 29.1 Å². The highest BCUT2D eigenvalue weighted by Gasteiger charge is 2.20. The SMILES string of the molecule is Oc1cc(CNc2nc(F)nc3c2ncn3C2CCCCCO2)ccc1Cl. The molecule has 27 heavy (non-hydrogen) atoms. The highest BCUT2D eigenvalue weighted by Crippen LogP contribution is 2.28. The number of benzene rings is 1. The quantitative estimate of drug-likeness (QED) is 0.653. The Balaban J connectivity index is 1.62. The number of hydrogen-bond acceptors (Lipinski definition) is 6. The molecule has 7 nitrogen and oxygen atoms in total. The average molecular weight is 392 g/mol. The Kier molecular flexibility index (Phi) is 5.09. The molecular weight excluding hydrogens is 373 g/mol. The topological polar surface area (TPSA) is 85.1 Å². The molecule has 1 saturated heterocycles. The number of aromatic hydroxyl groups is 1. The lowest BCUT2D eigenvalue weighted by atomic mass is 10.2. The maximum Gasteiger partial charge on any atom is 0.312 e. The van der Waals surface area contributed by atoms with Crippen LogP contribution in [0.2, 0.25) is 5.02 Å². The fourth-order valence-corrected chi connectivity index (χ4v) is 3.32. The first-order chi connectivity index (χ1) is 13.1. The zero-order valence-corrected chi connectivity index (χ0v) is 15.3. The molecule has 0 saturated carbocycles. The van der Waals surface area contributed by atoms with Gasteiger partial charge in [-0.25, -0.2) is 4.98 Å². The van der Waals surface area contributed by atoms with Crippen molar-refractivity contribution >= 4 is 28.6 Å². The number of nitrogens with zero attached hydrogens (tertiary/aromatic N) is 4. The van der Waals surface area contributed by atoms with Crippen molar-refractivity contribution in [3.63, 3.8) is 0 Å². The molecule has 2 N–H and O–H groups in total. The molecule has 2 aromatic heterocycles. The Hall–Kier alpha value is -2.45. The lowest BCUT2D eigenvalue weighted by Crippen LogP contribution is -2.12. The van der Waals surface area contributed by atoms with Crippen molar-refractivity contribution in [1.29, 1.82) is 0 Å². The van der Waals surface area contributed by atoms with Crippen LogP contribution in [0.3, 0.4) is 0 Å². The highest BCUT2D eigenvalue weighted by molar-refractivity contribution is 6.32. The lowest BCUT2D eigenvalue weighted by Gasteiger charge is -2.17. The van der Waals surface area contributed by atoms with E-state index >= 15 is 0 Å². The number of phenolic OH excluding ortho intramolecular Hbond substituents is 1. The predicted molar refractivity (Wildman–Crippen MR) is 99.2 cm³/mol. The lowest BCUT2D eigenvalue weighted by molar-refractivity contribution is 0.00928. The molecule has 9 heteroatoms. The first-order valence-corrected chi connectivity index (χ1v) is 9.22. The van der Waals surface area contributed by atoms with E-state index in [9.17, 15) is 9.50 Å². The second kappa shape index (κ2) is 7.66. The Morgan fingerprint density at radius 3 is 3.04 bits per heavy atom. The first-order valence-electron chi connectivity index (χ1n) is 8.85. The Morgan fingerprint density at radius 1 is 1.30 bits per heavy atom. The van der Waals surface area contributed by atoms with Crippen molar-refractivity contribution in [1.82, 2.24) is 19.5 Å². The largest absolute Gasteiger partial charge is 0.506 e. The minimum atomic E-state index is -0.834. The van der Waals surface area contributed by atoms with Crippen LogP contribution in [0.4, 0.5) is 10.2 Å². The molecule has 3 heterocycles. The number of rotatable bonds is 4. The van der Waals surface area contributed by atoms with E-state index in [2.05, 4.69) is 20.3 Å². The van der Waals surface area contributed by atoms with E-state index in [4.69, 9.17) is 16.3 Å². The van der Waals surface area contributed by atoms with Crippen LogP contribution >= 0.6 is 11.6 Å². The third-order valence-electron chi connectivity index (χ3n) is 4.58. The zero-order valence-electron chi connectivity index (χ0n) is 14.5. The summed E-state index contributed by atoms with van der Waals surface area (Å²) in [6, 6.07) is 4.91. The van der Waals surface area contributed by atoms with Crippen LogP contribution in [-0.2, 0) is 11.3 Å². The molecule has 1 fully saturated rings. The molecule has 0 spiro atoms. The first kappa shape index (κ1) is 17.9. The summed E-state index contributed by atoms with van der Waals surface area (Å²) in [6.07, 6.45) is 4.61. The molecule has 1 atom stereocenters. The number of aromatic nitrogens is 4. The minimum Gasteiger partial charge on any atom is -0.506 e. The predicted octanol–water partition coefficient (Wildman–Crippen LogP) is 4.03. The molecule has 1 unspecified atom stereocenters. The number of fused-ring (bicyclic) bond motifs is 1. The Morgan fingerprint density at radius 2 is 2.19 bits per heavy atom.